The van der Waals surface area contributed by atoms with E-state index in [-0.39, 0.29) is 24.7 Å². The lowest BCUT2D eigenvalue weighted by Gasteiger charge is -2.27. The Morgan fingerprint density at radius 2 is 1.84 bits per heavy atom. The molecule has 0 bridgehead atoms. The molecule has 0 radical (unpaired) electrons. The number of carbonyl (C=O) groups is 2. The molecule has 1 aliphatic rings. The standard InChI is InChI=1S/C23H24N4O3S/c1-16-22-23(27(25-16)18-6-4-3-5-7-18)31-15-14-26(22)21(29)13-12-20(28)24-17-8-10-19(30-2)11-9-17/h3-11H,12-15H2,1-2H3,(H,24,28). The molecule has 4 rings (SSSR count). The van der Waals surface area contributed by atoms with Crippen LogP contribution in [0.25, 0.3) is 5.69 Å². The molecule has 0 atom stereocenters. The van der Waals surface area contributed by atoms with Gasteiger partial charge in [0.1, 0.15) is 10.8 Å². The monoisotopic (exact) mass is 436 g/mol. The number of hydrogen-bond acceptors (Lipinski definition) is 5. The molecule has 3 aromatic rings. The molecule has 0 saturated heterocycles. The van der Waals surface area contributed by atoms with Crippen LogP contribution in [0.1, 0.15) is 18.5 Å². The molecule has 2 heterocycles. The first-order valence-electron chi connectivity index (χ1n) is 10.1. The number of carbonyl (C=O) groups excluding carboxylic acids is 2. The van der Waals surface area contributed by atoms with Crippen LogP contribution in [0.2, 0.25) is 0 Å². The van der Waals surface area contributed by atoms with Gasteiger partial charge in [-0.3, -0.25) is 9.59 Å². The zero-order valence-corrected chi connectivity index (χ0v) is 18.3. The van der Waals surface area contributed by atoms with Crippen molar-refractivity contribution in [2.24, 2.45) is 0 Å². The molecule has 1 aliphatic heterocycles. The highest BCUT2D eigenvalue weighted by Gasteiger charge is 2.29. The summed E-state index contributed by atoms with van der Waals surface area (Å²) in [6, 6.07) is 17.0. The number of thioether (sulfide) groups is 1. The summed E-state index contributed by atoms with van der Waals surface area (Å²) in [4.78, 5) is 27.1. The second-order valence-corrected chi connectivity index (χ2v) is 8.24. The molecule has 0 unspecified atom stereocenters. The number of methoxy groups -OCH3 is 1. The Balaban J connectivity index is 1.43. The Labute approximate surface area is 185 Å². The Morgan fingerprint density at radius 1 is 1.10 bits per heavy atom. The van der Waals surface area contributed by atoms with Gasteiger partial charge in [-0.1, -0.05) is 18.2 Å². The van der Waals surface area contributed by atoms with Crippen molar-refractivity contribution >= 4 is 35.0 Å². The maximum atomic E-state index is 13.0. The van der Waals surface area contributed by atoms with Crippen LogP contribution in [0.5, 0.6) is 5.75 Å². The van der Waals surface area contributed by atoms with E-state index in [0.717, 1.165) is 33.6 Å². The van der Waals surface area contributed by atoms with Crippen molar-refractivity contribution in [2.75, 3.05) is 29.6 Å². The second kappa shape index (κ2) is 9.26. The average molecular weight is 437 g/mol. The van der Waals surface area contributed by atoms with Gasteiger partial charge in [0.2, 0.25) is 11.8 Å². The van der Waals surface area contributed by atoms with Crippen LogP contribution >= 0.6 is 11.8 Å². The van der Waals surface area contributed by atoms with E-state index in [0.29, 0.717) is 12.2 Å². The molecule has 0 aliphatic carbocycles. The predicted octanol–water partition coefficient (Wildman–Crippen LogP) is 4.05. The largest absolute Gasteiger partial charge is 0.497 e. The number of hydrogen-bond donors (Lipinski definition) is 1. The number of rotatable bonds is 6. The number of benzene rings is 2. The lowest BCUT2D eigenvalue weighted by molar-refractivity contribution is -0.122. The van der Waals surface area contributed by atoms with E-state index in [1.165, 1.54) is 0 Å². The van der Waals surface area contributed by atoms with E-state index in [1.54, 1.807) is 48.0 Å². The van der Waals surface area contributed by atoms with Crippen molar-refractivity contribution in [3.63, 3.8) is 0 Å². The zero-order chi connectivity index (χ0) is 21.8. The number of amides is 2. The quantitative estimate of drug-likeness (QED) is 0.631. The molecule has 160 valence electrons. The summed E-state index contributed by atoms with van der Waals surface area (Å²) in [5.74, 6) is 1.25. The van der Waals surface area contributed by atoms with E-state index >= 15 is 0 Å². The van der Waals surface area contributed by atoms with Gasteiger partial charge in [0, 0.05) is 30.8 Å². The van der Waals surface area contributed by atoms with Crippen molar-refractivity contribution in [3.8, 4) is 11.4 Å². The number of aromatic nitrogens is 2. The summed E-state index contributed by atoms with van der Waals surface area (Å²) in [7, 11) is 1.59. The maximum Gasteiger partial charge on any atom is 0.227 e. The number of ether oxygens (including phenoxy) is 1. The third-order valence-corrected chi connectivity index (χ3v) is 6.08. The van der Waals surface area contributed by atoms with Crippen LogP contribution in [0.15, 0.2) is 59.6 Å². The van der Waals surface area contributed by atoms with Crippen LogP contribution in [0, 0.1) is 6.92 Å². The number of nitrogens with one attached hydrogen (secondary N) is 1. The fraction of sp³-hybridized carbons (Fsp3) is 0.261. The van der Waals surface area contributed by atoms with Crippen LogP contribution in [-0.2, 0) is 9.59 Å². The first-order chi connectivity index (χ1) is 15.1. The number of anilines is 2. The second-order valence-electron chi connectivity index (χ2n) is 7.16. The third kappa shape index (κ3) is 4.59. The molecule has 31 heavy (non-hydrogen) atoms. The Morgan fingerprint density at radius 3 is 2.55 bits per heavy atom. The Hall–Kier alpha value is -3.26. The molecule has 1 aromatic heterocycles. The molecule has 0 spiro atoms. The van der Waals surface area contributed by atoms with Crippen LogP contribution in [0.4, 0.5) is 11.4 Å². The lowest BCUT2D eigenvalue weighted by Crippen LogP contribution is -2.36. The number of aryl methyl sites for hydroxylation is 1. The lowest BCUT2D eigenvalue weighted by atomic mass is 10.2. The molecule has 2 amide bonds. The van der Waals surface area contributed by atoms with Crippen molar-refractivity contribution in [3.05, 3.63) is 60.3 Å². The highest BCUT2D eigenvalue weighted by Crippen LogP contribution is 2.39. The van der Waals surface area contributed by atoms with Gasteiger partial charge in [-0.2, -0.15) is 5.10 Å². The van der Waals surface area contributed by atoms with Gasteiger partial charge in [-0.25, -0.2) is 4.68 Å². The van der Waals surface area contributed by atoms with Gasteiger partial charge in [0.25, 0.3) is 0 Å². The van der Waals surface area contributed by atoms with Gasteiger partial charge >= 0.3 is 0 Å². The number of nitrogens with zero attached hydrogens (tertiary/aromatic N) is 3. The fourth-order valence-electron chi connectivity index (χ4n) is 3.53. The third-order valence-electron chi connectivity index (χ3n) is 5.05. The molecule has 8 heteroatoms. The van der Waals surface area contributed by atoms with Crippen LogP contribution in [-0.4, -0.2) is 41.0 Å². The van der Waals surface area contributed by atoms with Crippen molar-refractivity contribution in [2.45, 2.75) is 24.8 Å². The molecule has 1 N–H and O–H groups in total. The van der Waals surface area contributed by atoms with Gasteiger partial charge in [0.15, 0.2) is 0 Å². The predicted molar refractivity (Wildman–Crippen MR) is 122 cm³/mol. The first-order valence-corrected chi connectivity index (χ1v) is 11.1. The smallest absolute Gasteiger partial charge is 0.227 e. The van der Waals surface area contributed by atoms with Crippen molar-refractivity contribution in [1.29, 1.82) is 0 Å². The SMILES string of the molecule is COc1ccc(NC(=O)CCC(=O)N2CCSc3c2c(C)nn3-c2ccccc2)cc1. The Bertz CT molecular complexity index is 1080. The van der Waals surface area contributed by atoms with Gasteiger partial charge in [-0.05, 0) is 43.3 Å². The molecular formula is C23H24N4O3S. The summed E-state index contributed by atoms with van der Waals surface area (Å²) in [6.07, 6.45) is 0.262. The van der Waals surface area contributed by atoms with Crippen LogP contribution < -0.4 is 15.0 Å². The minimum atomic E-state index is -0.193. The fourth-order valence-corrected chi connectivity index (χ4v) is 4.66. The number of para-hydroxylation sites is 1. The highest BCUT2D eigenvalue weighted by atomic mass is 32.2. The van der Waals surface area contributed by atoms with E-state index < -0.39 is 0 Å². The summed E-state index contributed by atoms with van der Waals surface area (Å²) in [6.45, 7) is 2.53. The summed E-state index contributed by atoms with van der Waals surface area (Å²) < 4.78 is 7.01. The minimum Gasteiger partial charge on any atom is -0.497 e. The zero-order valence-electron chi connectivity index (χ0n) is 17.5. The molecule has 7 nitrogen and oxygen atoms in total. The summed E-state index contributed by atoms with van der Waals surface area (Å²) in [5.41, 5.74) is 3.30. The number of fused-ring (bicyclic) bond motifs is 1. The average Bonchev–Trinajstić information content (AvgIpc) is 3.15. The van der Waals surface area contributed by atoms with E-state index in [1.807, 2.05) is 41.9 Å². The summed E-state index contributed by atoms with van der Waals surface area (Å²) >= 11 is 1.70. The first kappa shape index (κ1) is 21.0. The Kier molecular flexibility index (Phi) is 6.27. The topological polar surface area (TPSA) is 76.5 Å². The summed E-state index contributed by atoms with van der Waals surface area (Å²) in [5, 5.41) is 8.46. The van der Waals surface area contributed by atoms with Gasteiger partial charge in [-0.15, -0.1) is 11.8 Å². The van der Waals surface area contributed by atoms with Crippen molar-refractivity contribution in [1.82, 2.24) is 9.78 Å². The molecule has 0 saturated carbocycles. The molecular weight excluding hydrogens is 412 g/mol. The normalized spacial score (nSPS) is 12.9. The molecule has 2 aromatic carbocycles. The van der Waals surface area contributed by atoms with Crippen molar-refractivity contribution < 1.29 is 14.3 Å². The van der Waals surface area contributed by atoms with E-state index in [2.05, 4.69) is 10.4 Å². The highest BCUT2D eigenvalue weighted by molar-refractivity contribution is 7.99. The minimum absolute atomic E-state index is 0.0675. The maximum absolute atomic E-state index is 13.0. The van der Waals surface area contributed by atoms with Gasteiger partial charge < -0.3 is 15.0 Å². The van der Waals surface area contributed by atoms with Gasteiger partial charge in [0.05, 0.1) is 24.2 Å². The molecule has 0 fully saturated rings. The van der Waals surface area contributed by atoms with E-state index in [9.17, 15) is 9.59 Å². The van der Waals surface area contributed by atoms with Crippen LogP contribution in [0.3, 0.4) is 0 Å². The van der Waals surface area contributed by atoms with E-state index in [4.69, 9.17) is 4.74 Å².